The molecule has 0 bridgehead atoms. The van der Waals surface area contributed by atoms with E-state index in [4.69, 9.17) is 4.98 Å². The van der Waals surface area contributed by atoms with Crippen molar-refractivity contribution >= 4 is 0 Å². The van der Waals surface area contributed by atoms with E-state index in [1.807, 2.05) is 0 Å². The van der Waals surface area contributed by atoms with Crippen molar-refractivity contribution in [3.63, 3.8) is 0 Å². The summed E-state index contributed by atoms with van der Waals surface area (Å²) in [6, 6.07) is 43.4. The van der Waals surface area contributed by atoms with Crippen LogP contribution in [0.25, 0.3) is 11.3 Å². The van der Waals surface area contributed by atoms with Crippen LogP contribution in [0.4, 0.5) is 0 Å². The molecule has 1 unspecified atom stereocenters. The zero-order valence-electron chi connectivity index (χ0n) is 23.7. The van der Waals surface area contributed by atoms with Gasteiger partial charge in [0.1, 0.15) is 5.82 Å². The van der Waals surface area contributed by atoms with E-state index >= 15 is 0 Å². The molecule has 1 heterocycles. The minimum Gasteiger partial charge on any atom is -0.329 e. The van der Waals surface area contributed by atoms with Crippen LogP contribution in [0.2, 0.25) is 0 Å². The molecule has 0 aliphatic carbocycles. The number of aromatic nitrogens is 2. The first-order chi connectivity index (χ1) is 19.8. The van der Waals surface area contributed by atoms with Gasteiger partial charge in [-0.05, 0) is 23.1 Å². The van der Waals surface area contributed by atoms with Crippen molar-refractivity contribution in [2.24, 2.45) is 0 Å². The molecule has 5 aromatic rings. The molecule has 1 aromatic heterocycles. The van der Waals surface area contributed by atoms with Gasteiger partial charge in [0.05, 0.1) is 11.7 Å². The molecule has 1 atom stereocenters. The fraction of sp³-hybridized carbons (Fsp3) is 0.270. The van der Waals surface area contributed by atoms with Crippen LogP contribution in [0.5, 0.6) is 0 Å². The molecule has 0 amide bonds. The highest BCUT2D eigenvalue weighted by Crippen LogP contribution is 2.32. The molecule has 204 valence electrons. The molecule has 0 saturated carbocycles. The fourth-order valence-corrected chi connectivity index (χ4v) is 5.50. The Morgan fingerprint density at radius 1 is 0.625 bits per heavy atom. The Hall–Kier alpha value is -3.95. The minimum atomic E-state index is 0.193. The first-order valence-electron chi connectivity index (χ1n) is 14.8. The minimum absolute atomic E-state index is 0.193. The predicted molar refractivity (Wildman–Crippen MR) is 167 cm³/mol. The molecular formula is C37H41N3. The second-order valence-electron chi connectivity index (χ2n) is 10.7. The number of benzene rings is 4. The molecule has 5 rings (SSSR count). The topological polar surface area (TPSA) is 21.1 Å². The van der Waals surface area contributed by atoms with Gasteiger partial charge in [-0.15, -0.1) is 0 Å². The normalized spacial score (nSPS) is 12.1. The summed E-state index contributed by atoms with van der Waals surface area (Å²) in [5.41, 5.74) is 6.17. The molecule has 3 nitrogen and oxygen atoms in total. The first-order valence-corrected chi connectivity index (χ1v) is 14.8. The molecule has 3 heteroatoms. The standard InChI is InChI=1S/C37H41N3/c1-2-3-4-17-26-36(39(27-31-18-9-5-10-19-31)28-32-20-11-6-12-21-32)37-38-35(34-24-15-8-16-25-34)30-40(37)29-33-22-13-7-14-23-33/h5-16,18-25,30,36H,2-4,17,26-29H2,1H3. The van der Waals surface area contributed by atoms with Crippen LogP contribution in [-0.2, 0) is 19.6 Å². The molecular weight excluding hydrogens is 486 g/mol. The van der Waals surface area contributed by atoms with Crippen LogP contribution in [0.3, 0.4) is 0 Å². The number of hydrogen-bond acceptors (Lipinski definition) is 2. The number of nitrogens with zero attached hydrogens (tertiary/aromatic N) is 3. The molecule has 4 aromatic carbocycles. The van der Waals surface area contributed by atoms with E-state index in [1.54, 1.807) is 0 Å². The molecule has 0 aliphatic rings. The van der Waals surface area contributed by atoms with E-state index in [0.29, 0.717) is 0 Å². The Bertz CT molecular complexity index is 1350. The van der Waals surface area contributed by atoms with Crippen LogP contribution in [-0.4, -0.2) is 14.5 Å². The Labute approximate surface area is 240 Å². The average molecular weight is 528 g/mol. The fourth-order valence-electron chi connectivity index (χ4n) is 5.50. The van der Waals surface area contributed by atoms with Gasteiger partial charge in [0, 0.05) is 31.4 Å². The average Bonchev–Trinajstić information content (AvgIpc) is 3.42. The van der Waals surface area contributed by atoms with Crippen LogP contribution < -0.4 is 0 Å². The Kier molecular flexibility index (Phi) is 9.97. The van der Waals surface area contributed by atoms with Crippen molar-refractivity contribution in [2.75, 3.05) is 0 Å². The van der Waals surface area contributed by atoms with Crippen molar-refractivity contribution < 1.29 is 0 Å². The first kappa shape index (κ1) is 27.6. The van der Waals surface area contributed by atoms with Gasteiger partial charge < -0.3 is 4.57 Å². The maximum Gasteiger partial charge on any atom is 0.127 e. The van der Waals surface area contributed by atoms with Gasteiger partial charge in [-0.1, -0.05) is 154 Å². The maximum atomic E-state index is 5.40. The van der Waals surface area contributed by atoms with Crippen LogP contribution >= 0.6 is 0 Å². The lowest BCUT2D eigenvalue weighted by Crippen LogP contribution is -2.30. The van der Waals surface area contributed by atoms with Gasteiger partial charge in [-0.2, -0.15) is 0 Å². The summed E-state index contributed by atoms with van der Waals surface area (Å²) >= 11 is 0. The van der Waals surface area contributed by atoms with Crippen LogP contribution in [0.1, 0.15) is 67.6 Å². The smallest absolute Gasteiger partial charge is 0.127 e. The number of unbranched alkanes of at least 4 members (excludes halogenated alkanes) is 3. The lowest BCUT2D eigenvalue weighted by atomic mass is 10.0. The predicted octanol–water partition coefficient (Wildman–Crippen LogP) is 9.31. The molecule has 40 heavy (non-hydrogen) atoms. The molecule has 0 radical (unpaired) electrons. The van der Waals surface area contributed by atoms with Gasteiger partial charge in [0.2, 0.25) is 0 Å². The largest absolute Gasteiger partial charge is 0.329 e. The summed E-state index contributed by atoms with van der Waals surface area (Å²) in [7, 11) is 0. The van der Waals surface area contributed by atoms with E-state index in [-0.39, 0.29) is 6.04 Å². The van der Waals surface area contributed by atoms with Gasteiger partial charge in [0.25, 0.3) is 0 Å². The number of rotatable bonds is 14. The molecule has 0 saturated heterocycles. The molecule has 0 aliphatic heterocycles. The second-order valence-corrected chi connectivity index (χ2v) is 10.7. The Morgan fingerprint density at radius 2 is 1.15 bits per heavy atom. The Morgan fingerprint density at radius 3 is 1.70 bits per heavy atom. The van der Waals surface area contributed by atoms with Crippen molar-refractivity contribution in [3.8, 4) is 11.3 Å². The molecule has 0 N–H and O–H groups in total. The summed E-state index contributed by atoms with van der Waals surface area (Å²) in [5, 5.41) is 0. The van der Waals surface area contributed by atoms with Crippen molar-refractivity contribution in [2.45, 2.75) is 64.7 Å². The third-order valence-electron chi connectivity index (χ3n) is 7.60. The molecule has 0 spiro atoms. The second kappa shape index (κ2) is 14.4. The van der Waals surface area contributed by atoms with E-state index in [2.05, 4.69) is 144 Å². The van der Waals surface area contributed by atoms with E-state index in [0.717, 1.165) is 43.1 Å². The van der Waals surface area contributed by atoms with Gasteiger partial charge in [-0.25, -0.2) is 4.98 Å². The van der Waals surface area contributed by atoms with Gasteiger partial charge >= 0.3 is 0 Å². The maximum absolute atomic E-state index is 5.40. The highest BCUT2D eigenvalue weighted by molar-refractivity contribution is 5.58. The summed E-state index contributed by atoms with van der Waals surface area (Å²) in [6.45, 7) is 4.86. The number of imidazole rings is 1. The van der Waals surface area contributed by atoms with E-state index in [1.165, 1.54) is 42.4 Å². The summed E-state index contributed by atoms with van der Waals surface area (Å²) in [5.74, 6) is 1.16. The van der Waals surface area contributed by atoms with Crippen LogP contribution in [0, 0.1) is 0 Å². The number of hydrogen-bond donors (Lipinski definition) is 0. The summed E-state index contributed by atoms with van der Waals surface area (Å²) in [4.78, 5) is 8.05. The third kappa shape index (κ3) is 7.58. The summed E-state index contributed by atoms with van der Waals surface area (Å²) in [6.07, 6.45) is 8.31. The molecule has 0 fully saturated rings. The SMILES string of the molecule is CCCCCCC(c1nc(-c2ccccc2)cn1Cc1ccccc1)N(Cc1ccccc1)Cc1ccccc1. The van der Waals surface area contributed by atoms with E-state index in [9.17, 15) is 0 Å². The van der Waals surface area contributed by atoms with Gasteiger partial charge in [-0.3, -0.25) is 4.90 Å². The van der Waals surface area contributed by atoms with Crippen molar-refractivity contribution in [1.82, 2.24) is 14.5 Å². The highest BCUT2D eigenvalue weighted by Gasteiger charge is 2.26. The van der Waals surface area contributed by atoms with Crippen molar-refractivity contribution in [1.29, 1.82) is 0 Å². The zero-order chi connectivity index (χ0) is 27.4. The van der Waals surface area contributed by atoms with Crippen molar-refractivity contribution in [3.05, 3.63) is 150 Å². The summed E-state index contributed by atoms with van der Waals surface area (Å²) < 4.78 is 2.41. The third-order valence-corrected chi connectivity index (χ3v) is 7.60. The van der Waals surface area contributed by atoms with Crippen LogP contribution in [0.15, 0.2) is 128 Å². The lowest BCUT2D eigenvalue weighted by molar-refractivity contribution is 0.155. The quantitative estimate of drug-likeness (QED) is 0.134. The highest BCUT2D eigenvalue weighted by atomic mass is 15.2. The Balaban J connectivity index is 1.57. The van der Waals surface area contributed by atoms with E-state index < -0.39 is 0 Å². The van der Waals surface area contributed by atoms with Gasteiger partial charge in [0.15, 0.2) is 0 Å². The lowest BCUT2D eigenvalue weighted by Gasteiger charge is -2.32. The zero-order valence-corrected chi connectivity index (χ0v) is 23.7. The monoisotopic (exact) mass is 527 g/mol.